The molecule has 0 spiro atoms. The molecule has 0 amide bonds. The number of carbonyl (C=O) groups excluding carboxylic acids is 1. The summed E-state index contributed by atoms with van der Waals surface area (Å²) < 4.78 is 20.9. The van der Waals surface area contributed by atoms with E-state index in [0.29, 0.717) is 25.2 Å². The molecule has 1 fully saturated rings. The van der Waals surface area contributed by atoms with Crippen LogP contribution in [0.5, 0.6) is 0 Å². The van der Waals surface area contributed by atoms with Gasteiger partial charge in [-0.25, -0.2) is 4.79 Å². The molecule has 1 saturated heterocycles. The average Bonchev–Trinajstić information content (AvgIpc) is 2.86. The van der Waals surface area contributed by atoms with Gasteiger partial charge in [0.1, 0.15) is 12.7 Å². The molecule has 1 aromatic carbocycles. The summed E-state index contributed by atoms with van der Waals surface area (Å²) in [4.78, 5) is 11.8. The zero-order valence-electron chi connectivity index (χ0n) is 11.9. The number of hydrogen-bond donors (Lipinski definition) is 1. The zero-order valence-corrected chi connectivity index (χ0v) is 11.9. The van der Waals surface area contributed by atoms with Crippen LogP contribution in [-0.4, -0.2) is 56.5 Å². The molecule has 0 saturated carbocycles. The molecule has 1 N–H and O–H groups in total. The summed E-state index contributed by atoms with van der Waals surface area (Å²) in [7, 11) is 1.57. The second-order valence-electron chi connectivity index (χ2n) is 4.76. The van der Waals surface area contributed by atoms with Crippen molar-refractivity contribution in [2.75, 3.05) is 26.9 Å². The van der Waals surface area contributed by atoms with Gasteiger partial charge in [0.15, 0.2) is 6.29 Å². The lowest BCUT2D eigenvalue weighted by Crippen LogP contribution is -2.26. The normalized spacial score (nSPS) is 25.0. The number of aliphatic hydroxyl groups is 1. The molecule has 1 unspecified atom stereocenters. The van der Waals surface area contributed by atoms with Crippen LogP contribution in [0, 0.1) is 0 Å². The van der Waals surface area contributed by atoms with E-state index in [-0.39, 0.29) is 12.7 Å². The summed E-state index contributed by atoms with van der Waals surface area (Å²) in [5.74, 6) is -0.405. The highest BCUT2D eigenvalue weighted by molar-refractivity contribution is 5.89. The van der Waals surface area contributed by atoms with Crippen molar-refractivity contribution in [3.8, 4) is 0 Å². The number of carbonyl (C=O) groups is 1. The number of hydrogen-bond acceptors (Lipinski definition) is 6. The van der Waals surface area contributed by atoms with Gasteiger partial charge in [-0.05, 0) is 12.1 Å². The Labute approximate surface area is 123 Å². The molecule has 0 aliphatic carbocycles. The summed E-state index contributed by atoms with van der Waals surface area (Å²) in [6.45, 7) is 0.865. The maximum Gasteiger partial charge on any atom is 0.338 e. The van der Waals surface area contributed by atoms with E-state index in [0.717, 1.165) is 0 Å². The molecule has 116 valence electrons. The van der Waals surface area contributed by atoms with E-state index >= 15 is 0 Å². The van der Waals surface area contributed by atoms with E-state index in [9.17, 15) is 9.90 Å². The van der Waals surface area contributed by atoms with E-state index in [4.69, 9.17) is 18.9 Å². The fraction of sp³-hybridized carbons (Fsp3) is 0.533. The van der Waals surface area contributed by atoms with Gasteiger partial charge in [-0.1, -0.05) is 18.2 Å². The van der Waals surface area contributed by atoms with Crippen LogP contribution < -0.4 is 0 Å². The van der Waals surface area contributed by atoms with E-state index in [1.54, 1.807) is 31.4 Å². The summed E-state index contributed by atoms with van der Waals surface area (Å²) in [6, 6.07) is 8.74. The van der Waals surface area contributed by atoms with Gasteiger partial charge in [0.25, 0.3) is 0 Å². The first-order chi connectivity index (χ1) is 10.2. The largest absolute Gasteiger partial charge is 0.459 e. The second-order valence-corrected chi connectivity index (χ2v) is 4.76. The van der Waals surface area contributed by atoms with Crippen LogP contribution in [0.25, 0.3) is 0 Å². The number of rotatable bonds is 7. The van der Waals surface area contributed by atoms with Gasteiger partial charge < -0.3 is 24.1 Å². The van der Waals surface area contributed by atoms with Gasteiger partial charge in [0.05, 0.1) is 24.9 Å². The number of ether oxygens (including phenoxy) is 4. The highest BCUT2D eigenvalue weighted by Gasteiger charge is 2.35. The van der Waals surface area contributed by atoms with Crippen LogP contribution in [0.2, 0.25) is 0 Å². The first-order valence-electron chi connectivity index (χ1n) is 6.87. The average molecular weight is 296 g/mol. The predicted octanol–water partition coefficient (Wildman–Crippen LogP) is 0.982. The minimum atomic E-state index is -0.720. The Balaban J connectivity index is 1.73. The van der Waals surface area contributed by atoms with Crippen molar-refractivity contribution in [3.05, 3.63) is 35.9 Å². The first kappa shape index (κ1) is 15.9. The molecule has 3 atom stereocenters. The Kier molecular flexibility index (Phi) is 6.13. The molecule has 0 radical (unpaired) electrons. The van der Waals surface area contributed by atoms with Gasteiger partial charge in [-0.15, -0.1) is 0 Å². The SMILES string of the molecule is COCCOC1O[C@H](COC(=O)c2ccccc2)C[C@H]1O. The van der Waals surface area contributed by atoms with E-state index in [1.807, 2.05) is 6.07 Å². The molecule has 6 nitrogen and oxygen atoms in total. The summed E-state index contributed by atoms with van der Waals surface area (Å²) >= 11 is 0. The van der Waals surface area contributed by atoms with Gasteiger partial charge >= 0.3 is 5.97 Å². The van der Waals surface area contributed by atoms with Crippen LogP contribution in [0.1, 0.15) is 16.8 Å². The Morgan fingerprint density at radius 2 is 2.10 bits per heavy atom. The van der Waals surface area contributed by atoms with Crippen molar-refractivity contribution >= 4 is 5.97 Å². The number of esters is 1. The van der Waals surface area contributed by atoms with Crippen molar-refractivity contribution < 1.29 is 28.8 Å². The van der Waals surface area contributed by atoms with Gasteiger partial charge in [-0.2, -0.15) is 0 Å². The molecule has 2 rings (SSSR count). The van der Waals surface area contributed by atoms with Crippen LogP contribution >= 0.6 is 0 Å². The van der Waals surface area contributed by atoms with Gasteiger partial charge in [-0.3, -0.25) is 0 Å². The predicted molar refractivity (Wildman–Crippen MR) is 73.8 cm³/mol. The molecular weight excluding hydrogens is 276 g/mol. The Morgan fingerprint density at radius 1 is 1.33 bits per heavy atom. The Hall–Kier alpha value is -1.47. The third-order valence-corrected chi connectivity index (χ3v) is 3.12. The van der Waals surface area contributed by atoms with E-state index < -0.39 is 18.4 Å². The lowest BCUT2D eigenvalue weighted by Gasteiger charge is -2.15. The summed E-state index contributed by atoms with van der Waals surface area (Å²) in [5.41, 5.74) is 0.490. The standard InChI is InChI=1S/C15H20O6/c1-18-7-8-19-15-13(16)9-12(21-15)10-20-14(17)11-5-3-2-4-6-11/h2-6,12-13,15-16H,7-10H2,1H3/t12-,13+,15?/m0/s1. The number of benzene rings is 1. The molecule has 1 aromatic rings. The molecule has 0 bridgehead atoms. The van der Waals surface area contributed by atoms with Crippen LogP contribution in [0.15, 0.2) is 30.3 Å². The van der Waals surface area contributed by atoms with Crippen molar-refractivity contribution in [3.63, 3.8) is 0 Å². The lowest BCUT2D eigenvalue weighted by atomic mass is 10.2. The lowest BCUT2D eigenvalue weighted by molar-refractivity contribution is -0.174. The van der Waals surface area contributed by atoms with E-state index in [2.05, 4.69) is 0 Å². The van der Waals surface area contributed by atoms with Crippen molar-refractivity contribution in [2.24, 2.45) is 0 Å². The van der Waals surface area contributed by atoms with Crippen LogP contribution in [-0.2, 0) is 18.9 Å². The second kappa shape index (κ2) is 8.09. The van der Waals surface area contributed by atoms with Crippen molar-refractivity contribution in [1.29, 1.82) is 0 Å². The van der Waals surface area contributed by atoms with Gasteiger partial charge in [0.2, 0.25) is 0 Å². The third-order valence-electron chi connectivity index (χ3n) is 3.12. The van der Waals surface area contributed by atoms with Crippen molar-refractivity contribution in [1.82, 2.24) is 0 Å². The number of aliphatic hydroxyl groups excluding tert-OH is 1. The van der Waals surface area contributed by atoms with Crippen LogP contribution in [0.3, 0.4) is 0 Å². The zero-order chi connectivity index (χ0) is 15.1. The minimum Gasteiger partial charge on any atom is -0.459 e. The molecule has 1 aliphatic heterocycles. The highest BCUT2D eigenvalue weighted by Crippen LogP contribution is 2.22. The first-order valence-corrected chi connectivity index (χ1v) is 6.87. The molecule has 6 heteroatoms. The van der Waals surface area contributed by atoms with Crippen LogP contribution in [0.4, 0.5) is 0 Å². The molecule has 21 heavy (non-hydrogen) atoms. The summed E-state index contributed by atoms with van der Waals surface area (Å²) in [5, 5.41) is 9.81. The van der Waals surface area contributed by atoms with Gasteiger partial charge in [0, 0.05) is 13.5 Å². The Bertz CT molecular complexity index is 435. The Morgan fingerprint density at radius 3 is 2.81 bits per heavy atom. The molecule has 1 aliphatic rings. The summed E-state index contributed by atoms with van der Waals surface area (Å²) in [6.07, 6.45) is -1.40. The smallest absolute Gasteiger partial charge is 0.338 e. The topological polar surface area (TPSA) is 74.2 Å². The fourth-order valence-corrected chi connectivity index (χ4v) is 2.05. The number of methoxy groups -OCH3 is 1. The fourth-order valence-electron chi connectivity index (χ4n) is 2.05. The quantitative estimate of drug-likeness (QED) is 0.597. The molecular formula is C15H20O6. The third kappa shape index (κ3) is 4.78. The molecule has 1 heterocycles. The maximum absolute atomic E-state index is 11.8. The molecule has 0 aromatic heterocycles. The highest BCUT2D eigenvalue weighted by atomic mass is 16.7. The monoisotopic (exact) mass is 296 g/mol. The maximum atomic E-state index is 11.8. The van der Waals surface area contributed by atoms with Crippen molar-refractivity contribution in [2.45, 2.75) is 24.9 Å². The van der Waals surface area contributed by atoms with E-state index in [1.165, 1.54) is 0 Å². The minimum absolute atomic E-state index is 0.0922.